The Hall–Kier alpha value is -3.97. The molecule has 1 aromatic heterocycles. The lowest BCUT2D eigenvalue weighted by atomic mass is 9.75. The molecular weight excluding hydrogens is 496 g/mol. The molecule has 2 N–H and O–H groups in total. The summed E-state index contributed by atoms with van der Waals surface area (Å²) in [5.74, 6) is 1.44. The van der Waals surface area contributed by atoms with Gasteiger partial charge in [0.05, 0.1) is 29.4 Å². The van der Waals surface area contributed by atoms with Gasteiger partial charge in [-0.15, -0.1) is 10.2 Å². The second-order valence-electron chi connectivity index (χ2n) is 9.35. The summed E-state index contributed by atoms with van der Waals surface area (Å²) in [6.07, 6.45) is 1.88. The van der Waals surface area contributed by atoms with Crippen LogP contribution in [0.4, 0.5) is 5.69 Å². The van der Waals surface area contributed by atoms with Crippen LogP contribution in [0.1, 0.15) is 30.4 Å². The SMILES string of the molecule is N#CC1(c2cccc(Sc3ccc4c(c3)NC(NCC=O)c3nnc(-c5ccccc5)n3-4)c2)CCOCC1. The van der Waals surface area contributed by atoms with Gasteiger partial charge in [0.2, 0.25) is 0 Å². The number of hydrogen-bond acceptors (Lipinski definition) is 8. The first-order valence-electron chi connectivity index (χ1n) is 12.6. The van der Waals surface area contributed by atoms with Gasteiger partial charge in [-0.3, -0.25) is 9.88 Å². The maximum Gasteiger partial charge on any atom is 0.175 e. The van der Waals surface area contributed by atoms with E-state index in [1.165, 1.54) is 0 Å². The van der Waals surface area contributed by atoms with Gasteiger partial charge in [0.1, 0.15) is 12.5 Å². The molecule has 0 aliphatic carbocycles. The Morgan fingerprint density at radius 1 is 1.08 bits per heavy atom. The van der Waals surface area contributed by atoms with Gasteiger partial charge in [-0.05, 0) is 48.7 Å². The van der Waals surface area contributed by atoms with Crippen LogP contribution in [-0.4, -0.2) is 40.8 Å². The summed E-state index contributed by atoms with van der Waals surface area (Å²) in [7, 11) is 0. The molecule has 2 aliphatic rings. The number of fused-ring (bicyclic) bond motifs is 3. The van der Waals surface area contributed by atoms with Crippen LogP contribution in [0.5, 0.6) is 0 Å². The normalized spacial score (nSPS) is 17.5. The van der Waals surface area contributed by atoms with E-state index in [1.54, 1.807) is 11.8 Å². The zero-order valence-electron chi connectivity index (χ0n) is 20.6. The van der Waals surface area contributed by atoms with Gasteiger partial charge in [0.25, 0.3) is 0 Å². The molecule has 3 aromatic carbocycles. The van der Waals surface area contributed by atoms with E-state index in [-0.39, 0.29) is 12.7 Å². The fraction of sp³-hybridized carbons (Fsp3) is 0.241. The van der Waals surface area contributed by atoms with Crippen LogP contribution in [0, 0.1) is 11.3 Å². The van der Waals surface area contributed by atoms with E-state index < -0.39 is 5.41 Å². The predicted octanol–water partition coefficient (Wildman–Crippen LogP) is 4.87. The topological polar surface area (TPSA) is 105 Å². The van der Waals surface area contributed by atoms with Crippen molar-refractivity contribution in [1.29, 1.82) is 5.26 Å². The van der Waals surface area contributed by atoms with Crippen LogP contribution in [0.25, 0.3) is 17.1 Å². The average molecular weight is 523 g/mol. The maximum atomic E-state index is 11.1. The third kappa shape index (κ3) is 4.47. The van der Waals surface area contributed by atoms with Crippen molar-refractivity contribution in [3.8, 4) is 23.1 Å². The Bertz CT molecular complexity index is 1510. The number of ether oxygens (including phenoxy) is 1. The smallest absolute Gasteiger partial charge is 0.175 e. The monoisotopic (exact) mass is 522 g/mol. The first-order valence-corrected chi connectivity index (χ1v) is 13.4. The van der Waals surface area contributed by atoms with Crippen molar-refractivity contribution in [3.63, 3.8) is 0 Å². The van der Waals surface area contributed by atoms with Crippen LogP contribution in [0.15, 0.2) is 82.6 Å². The lowest BCUT2D eigenvalue weighted by Crippen LogP contribution is -2.34. The highest BCUT2D eigenvalue weighted by molar-refractivity contribution is 7.99. The molecule has 0 amide bonds. The van der Waals surface area contributed by atoms with Crippen LogP contribution in [0.2, 0.25) is 0 Å². The van der Waals surface area contributed by atoms with Crippen molar-refractivity contribution in [2.75, 3.05) is 25.1 Å². The summed E-state index contributed by atoms with van der Waals surface area (Å²) in [6.45, 7) is 1.40. The molecule has 6 rings (SSSR count). The molecule has 3 heterocycles. The van der Waals surface area contributed by atoms with Crippen LogP contribution >= 0.6 is 11.8 Å². The first kappa shape index (κ1) is 24.4. The molecule has 38 heavy (non-hydrogen) atoms. The fourth-order valence-corrected chi connectivity index (χ4v) is 6.01. The second-order valence-corrected chi connectivity index (χ2v) is 10.5. The van der Waals surface area contributed by atoms with Gasteiger partial charge in [0.15, 0.2) is 11.6 Å². The standard InChI is InChI=1S/C29H26N6O2S/c30-19-29(11-15-37-16-12-29)21-7-4-8-22(17-21)38-23-9-10-25-24(18-23)32-26(31-13-14-36)28-34-33-27(35(25)28)20-5-2-1-3-6-20/h1-10,14,17-18,26,31-32H,11-13,15-16H2. The van der Waals surface area contributed by atoms with Gasteiger partial charge in [-0.1, -0.05) is 54.2 Å². The molecule has 1 atom stereocenters. The van der Waals surface area contributed by atoms with Gasteiger partial charge in [-0.2, -0.15) is 5.26 Å². The van der Waals surface area contributed by atoms with Gasteiger partial charge >= 0.3 is 0 Å². The molecule has 0 spiro atoms. The number of aldehydes is 1. The molecule has 1 saturated heterocycles. The second kappa shape index (κ2) is 10.4. The largest absolute Gasteiger partial charge is 0.381 e. The minimum Gasteiger partial charge on any atom is -0.381 e. The Labute approximate surface area is 225 Å². The van der Waals surface area contributed by atoms with Gasteiger partial charge < -0.3 is 14.8 Å². The number of anilines is 1. The van der Waals surface area contributed by atoms with E-state index >= 15 is 0 Å². The van der Waals surface area contributed by atoms with E-state index in [4.69, 9.17) is 4.74 Å². The Morgan fingerprint density at radius 2 is 1.89 bits per heavy atom. The molecule has 1 fully saturated rings. The summed E-state index contributed by atoms with van der Waals surface area (Å²) in [6, 6.07) is 27.1. The summed E-state index contributed by atoms with van der Waals surface area (Å²) < 4.78 is 7.56. The molecule has 2 aliphatic heterocycles. The lowest BCUT2D eigenvalue weighted by molar-refractivity contribution is -0.107. The van der Waals surface area contributed by atoms with Crippen molar-refractivity contribution >= 4 is 23.7 Å². The Morgan fingerprint density at radius 3 is 2.68 bits per heavy atom. The number of benzene rings is 3. The van der Waals surface area contributed by atoms with Crippen LogP contribution in [-0.2, 0) is 14.9 Å². The van der Waals surface area contributed by atoms with Crippen molar-refractivity contribution < 1.29 is 9.53 Å². The summed E-state index contributed by atoms with van der Waals surface area (Å²) in [5.41, 5.74) is 3.36. The molecule has 4 aromatic rings. The third-order valence-electron chi connectivity index (χ3n) is 7.08. The van der Waals surface area contributed by atoms with Crippen molar-refractivity contribution in [1.82, 2.24) is 20.1 Å². The first-order chi connectivity index (χ1) is 18.7. The molecule has 1 unspecified atom stereocenters. The number of nitriles is 1. The Kier molecular flexibility index (Phi) is 6.68. The minimum atomic E-state index is -0.498. The number of nitrogens with one attached hydrogen (secondary N) is 2. The van der Waals surface area contributed by atoms with Crippen molar-refractivity contribution in [3.05, 3.63) is 84.2 Å². The van der Waals surface area contributed by atoms with E-state index in [2.05, 4.69) is 63.3 Å². The van der Waals surface area contributed by atoms with Crippen molar-refractivity contribution in [2.24, 2.45) is 0 Å². The van der Waals surface area contributed by atoms with Crippen LogP contribution in [0.3, 0.4) is 0 Å². The number of carbonyl (C=O) groups is 1. The zero-order valence-corrected chi connectivity index (χ0v) is 21.4. The Balaban J connectivity index is 1.34. The fourth-order valence-electron chi connectivity index (χ4n) is 5.09. The summed E-state index contributed by atoms with van der Waals surface area (Å²) in [4.78, 5) is 13.2. The average Bonchev–Trinajstić information content (AvgIpc) is 3.42. The number of nitrogens with zero attached hydrogens (tertiary/aromatic N) is 4. The molecule has 190 valence electrons. The van der Waals surface area contributed by atoms with E-state index in [0.29, 0.717) is 31.9 Å². The highest BCUT2D eigenvalue weighted by Crippen LogP contribution is 2.40. The molecule has 0 radical (unpaired) electrons. The third-order valence-corrected chi connectivity index (χ3v) is 8.05. The maximum absolute atomic E-state index is 11.1. The quantitative estimate of drug-likeness (QED) is 0.331. The predicted molar refractivity (Wildman–Crippen MR) is 145 cm³/mol. The number of carbonyl (C=O) groups excluding carboxylic acids is 1. The van der Waals surface area contributed by atoms with Gasteiger partial charge in [-0.25, -0.2) is 0 Å². The number of rotatable bonds is 7. The van der Waals surface area contributed by atoms with E-state index in [9.17, 15) is 10.1 Å². The summed E-state index contributed by atoms with van der Waals surface area (Å²) in [5, 5.41) is 25.6. The minimum absolute atomic E-state index is 0.188. The zero-order chi connectivity index (χ0) is 26.0. The summed E-state index contributed by atoms with van der Waals surface area (Å²) >= 11 is 1.65. The lowest BCUT2D eigenvalue weighted by Gasteiger charge is -2.31. The molecule has 0 bridgehead atoms. The van der Waals surface area contributed by atoms with E-state index in [0.717, 1.165) is 44.4 Å². The number of hydrogen-bond donors (Lipinski definition) is 2. The van der Waals surface area contributed by atoms with Crippen LogP contribution < -0.4 is 10.6 Å². The van der Waals surface area contributed by atoms with E-state index in [1.807, 2.05) is 41.0 Å². The highest BCUT2D eigenvalue weighted by Gasteiger charge is 2.35. The van der Waals surface area contributed by atoms with Crippen molar-refractivity contribution in [2.45, 2.75) is 34.2 Å². The number of aromatic nitrogens is 3. The molecule has 9 heteroatoms. The molecular formula is C29H26N6O2S. The molecule has 0 saturated carbocycles. The van der Waals surface area contributed by atoms with Gasteiger partial charge in [0, 0.05) is 28.6 Å². The molecule has 8 nitrogen and oxygen atoms in total. The highest BCUT2D eigenvalue weighted by atomic mass is 32.2.